The van der Waals surface area contributed by atoms with Crippen LogP contribution in [0.1, 0.15) is 37.6 Å². The van der Waals surface area contributed by atoms with Crippen molar-refractivity contribution < 1.29 is 9.53 Å². The summed E-state index contributed by atoms with van der Waals surface area (Å²) in [6.45, 7) is 5.97. The summed E-state index contributed by atoms with van der Waals surface area (Å²) in [6, 6.07) is 13.9. The summed E-state index contributed by atoms with van der Waals surface area (Å²) < 4.78 is 8.16. The fraction of sp³-hybridized carbons (Fsp3) is 0.391. The zero-order valence-corrected chi connectivity index (χ0v) is 17.8. The number of halogens is 1. The molecule has 1 N–H and O–H groups in total. The lowest BCUT2D eigenvalue weighted by molar-refractivity contribution is -0.120. The maximum Gasteiger partial charge on any atom is 0.219 e. The summed E-state index contributed by atoms with van der Waals surface area (Å²) in [5.41, 5.74) is 3.17. The maximum absolute atomic E-state index is 11.4. The molecule has 0 fully saturated rings. The number of aromatic nitrogens is 2. The lowest BCUT2D eigenvalue weighted by atomic mass is 10.2. The third kappa shape index (κ3) is 5.73. The average Bonchev–Trinajstić information content (AvgIpc) is 3.08. The second-order valence-corrected chi connectivity index (χ2v) is 7.50. The number of nitrogens with one attached hydrogen (secondary N) is 1. The molecule has 0 saturated heterocycles. The Kier molecular flexibility index (Phi) is 7.53. The van der Waals surface area contributed by atoms with Crippen LogP contribution in [0.15, 0.2) is 42.5 Å². The molecule has 0 bridgehead atoms. The lowest BCUT2D eigenvalue weighted by Crippen LogP contribution is -2.23. The van der Waals surface area contributed by atoms with Crippen LogP contribution in [-0.2, 0) is 17.8 Å². The first-order chi connectivity index (χ1) is 14.1. The van der Waals surface area contributed by atoms with Gasteiger partial charge in [-0.3, -0.25) is 4.79 Å². The minimum absolute atomic E-state index is 0.0908. The molecule has 29 heavy (non-hydrogen) atoms. The van der Waals surface area contributed by atoms with Crippen LogP contribution < -0.4 is 10.1 Å². The highest BCUT2D eigenvalue weighted by Crippen LogP contribution is 2.22. The van der Waals surface area contributed by atoms with Gasteiger partial charge in [0.15, 0.2) is 0 Å². The van der Waals surface area contributed by atoms with E-state index in [0.717, 1.165) is 59.0 Å². The first-order valence-electron chi connectivity index (χ1n) is 10.2. The summed E-state index contributed by atoms with van der Waals surface area (Å²) in [5, 5.41) is 3.68. The van der Waals surface area contributed by atoms with Gasteiger partial charge in [-0.2, -0.15) is 0 Å². The molecule has 3 rings (SSSR count). The minimum Gasteiger partial charge on any atom is -0.494 e. The van der Waals surface area contributed by atoms with Gasteiger partial charge in [-0.25, -0.2) is 4.98 Å². The Morgan fingerprint density at radius 2 is 2.03 bits per heavy atom. The Bertz CT molecular complexity index is 968. The van der Waals surface area contributed by atoms with Crippen LogP contribution >= 0.6 is 11.6 Å². The van der Waals surface area contributed by atoms with Gasteiger partial charge in [-0.1, -0.05) is 30.7 Å². The largest absolute Gasteiger partial charge is 0.494 e. The Morgan fingerprint density at radius 3 is 2.83 bits per heavy atom. The van der Waals surface area contributed by atoms with Crippen LogP contribution in [-0.4, -0.2) is 28.6 Å². The van der Waals surface area contributed by atoms with E-state index in [-0.39, 0.29) is 5.91 Å². The number of hydrogen-bond donors (Lipinski definition) is 1. The number of fused-ring (bicyclic) bond motifs is 1. The van der Waals surface area contributed by atoms with Crippen LogP contribution in [0.25, 0.3) is 11.0 Å². The first kappa shape index (κ1) is 21.2. The number of nitrogens with zero attached hydrogens (tertiary/aromatic N) is 2. The Morgan fingerprint density at radius 1 is 1.21 bits per heavy atom. The van der Waals surface area contributed by atoms with Gasteiger partial charge >= 0.3 is 0 Å². The predicted octanol–water partition coefficient (Wildman–Crippen LogP) is 4.93. The fourth-order valence-electron chi connectivity index (χ4n) is 3.28. The molecule has 154 valence electrons. The molecule has 0 aliphatic carbocycles. The molecule has 0 aliphatic rings. The van der Waals surface area contributed by atoms with E-state index in [4.69, 9.17) is 21.3 Å². The molecular formula is C23H28ClN3O2. The predicted molar refractivity (Wildman–Crippen MR) is 118 cm³/mol. The van der Waals surface area contributed by atoms with Gasteiger partial charge in [0.25, 0.3) is 0 Å². The van der Waals surface area contributed by atoms with E-state index in [9.17, 15) is 4.79 Å². The van der Waals surface area contributed by atoms with Crippen molar-refractivity contribution in [2.24, 2.45) is 0 Å². The highest BCUT2D eigenvalue weighted by Gasteiger charge is 2.10. The number of amides is 1. The number of aryl methyl sites for hydroxylation is 3. The van der Waals surface area contributed by atoms with Gasteiger partial charge in [0.2, 0.25) is 5.91 Å². The summed E-state index contributed by atoms with van der Waals surface area (Å²) >= 11 is 6.07. The molecule has 0 aliphatic heterocycles. The summed E-state index contributed by atoms with van der Waals surface area (Å²) in [7, 11) is 0. The molecule has 1 heterocycles. The van der Waals surface area contributed by atoms with E-state index >= 15 is 0 Å². The number of carbonyl (C=O) groups is 1. The fourth-order valence-corrected chi connectivity index (χ4v) is 3.40. The van der Waals surface area contributed by atoms with Gasteiger partial charge in [0.05, 0.1) is 17.6 Å². The summed E-state index contributed by atoms with van der Waals surface area (Å²) in [6.07, 6.45) is 3.10. The van der Waals surface area contributed by atoms with Crippen molar-refractivity contribution in [3.8, 4) is 5.75 Å². The van der Waals surface area contributed by atoms with E-state index in [1.807, 2.05) is 50.2 Å². The Balaban J connectivity index is 1.59. The molecular weight excluding hydrogens is 386 g/mol. The molecule has 3 aromatic rings. The molecule has 1 amide bonds. The van der Waals surface area contributed by atoms with E-state index in [0.29, 0.717) is 19.6 Å². The van der Waals surface area contributed by atoms with Gasteiger partial charge in [0, 0.05) is 31.0 Å². The average molecular weight is 414 g/mol. The number of para-hydroxylation sites is 2. The van der Waals surface area contributed by atoms with E-state index in [2.05, 4.69) is 16.0 Å². The van der Waals surface area contributed by atoms with Crippen LogP contribution in [0.2, 0.25) is 5.02 Å². The number of benzene rings is 2. The zero-order valence-electron chi connectivity index (χ0n) is 17.1. The van der Waals surface area contributed by atoms with Crippen LogP contribution in [0.3, 0.4) is 0 Å². The molecule has 0 atom stereocenters. The van der Waals surface area contributed by atoms with Crippen LogP contribution in [0.4, 0.5) is 0 Å². The van der Waals surface area contributed by atoms with Gasteiger partial charge in [-0.05, 0) is 55.7 Å². The highest BCUT2D eigenvalue weighted by atomic mass is 35.5. The third-order valence-electron chi connectivity index (χ3n) is 4.88. The van der Waals surface area contributed by atoms with Crippen molar-refractivity contribution in [3.63, 3.8) is 0 Å². The van der Waals surface area contributed by atoms with Crippen molar-refractivity contribution in [2.75, 3.05) is 13.2 Å². The quantitative estimate of drug-likeness (QED) is 0.479. The molecule has 2 aromatic carbocycles. The first-order valence-corrected chi connectivity index (χ1v) is 10.6. The van der Waals surface area contributed by atoms with Gasteiger partial charge < -0.3 is 14.6 Å². The molecule has 0 saturated carbocycles. The second kappa shape index (κ2) is 10.3. The van der Waals surface area contributed by atoms with Crippen LogP contribution in [0, 0.1) is 6.92 Å². The molecule has 0 unspecified atom stereocenters. The third-order valence-corrected chi connectivity index (χ3v) is 5.30. The van der Waals surface area contributed by atoms with E-state index < -0.39 is 0 Å². The van der Waals surface area contributed by atoms with Crippen molar-refractivity contribution in [1.82, 2.24) is 14.9 Å². The van der Waals surface area contributed by atoms with E-state index in [1.165, 1.54) is 0 Å². The lowest BCUT2D eigenvalue weighted by Gasteiger charge is -2.11. The topological polar surface area (TPSA) is 56.2 Å². The number of hydrogen-bond acceptors (Lipinski definition) is 3. The second-order valence-electron chi connectivity index (χ2n) is 7.09. The minimum atomic E-state index is 0.0908. The number of carbonyl (C=O) groups excluding carboxylic acids is 1. The van der Waals surface area contributed by atoms with Crippen molar-refractivity contribution >= 4 is 28.5 Å². The van der Waals surface area contributed by atoms with Gasteiger partial charge in [-0.15, -0.1) is 0 Å². The monoisotopic (exact) mass is 413 g/mol. The number of rotatable bonds is 10. The van der Waals surface area contributed by atoms with Crippen molar-refractivity contribution in [2.45, 2.75) is 46.1 Å². The SMILES string of the molecule is CCC(=O)NCCCc1nc2ccccc2n1CCCOc1ccc(Cl)c(C)c1. The highest BCUT2D eigenvalue weighted by molar-refractivity contribution is 6.31. The molecule has 6 heteroatoms. The van der Waals surface area contributed by atoms with Crippen molar-refractivity contribution in [1.29, 1.82) is 0 Å². The molecule has 5 nitrogen and oxygen atoms in total. The Labute approximate surface area is 177 Å². The van der Waals surface area contributed by atoms with E-state index in [1.54, 1.807) is 0 Å². The normalized spacial score (nSPS) is 11.0. The van der Waals surface area contributed by atoms with Crippen molar-refractivity contribution in [3.05, 3.63) is 58.9 Å². The van der Waals surface area contributed by atoms with Gasteiger partial charge in [0.1, 0.15) is 11.6 Å². The maximum atomic E-state index is 11.4. The summed E-state index contributed by atoms with van der Waals surface area (Å²) in [5.74, 6) is 1.99. The smallest absolute Gasteiger partial charge is 0.219 e. The Hall–Kier alpha value is -2.53. The molecule has 0 radical (unpaired) electrons. The standard InChI is InChI=1S/C23H28ClN3O2/c1-3-23(28)25-13-6-10-22-26-20-8-4-5-9-21(20)27(22)14-7-15-29-18-11-12-19(24)17(2)16-18/h4-5,8-9,11-12,16H,3,6-7,10,13-15H2,1-2H3,(H,25,28). The molecule has 0 spiro atoms. The molecule has 1 aromatic heterocycles. The zero-order chi connectivity index (χ0) is 20.6. The van der Waals surface area contributed by atoms with Crippen LogP contribution in [0.5, 0.6) is 5.75 Å². The summed E-state index contributed by atoms with van der Waals surface area (Å²) in [4.78, 5) is 16.2. The number of ether oxygens (including phenoxy) is 1. The number of imidazole rings is 1.